The molecule has 0 aliphatic rings. The minimum Gasteiger partial charge on any atom is -0.422 e. The van der Waals surface area contributed by atoms with Gasteiger partial charge in [0.25, 0.3) is 0 Å². The molecule has 5 aromatic carbocycles. The fourth-order valence-electron chi connectivity index (χ4n) is 4.16. The zero-order chi connectivity index (χ0) is 28.2. The number of esters is 2. The van der Waals surface area contributed by atoms with Gasteiger partial charge in [0.05, 0.1) is 11.1 Å². The Labute approximate surface area is 230 Å². The number of hydrogen-bond donors (Lipinski definition) is 4. The van der Waals surface area contributed by atoms with Gasteiger partial charge in [0.15, 0.2) is 0 Å². The summed E-state index contributed by atoms with van der Waals surface area (Å²) >= 11 is 0. The van der Waals surface area contributed by atoms with E-state index in [1.165, 1.54) is 0 Å². The van der Waals surface area contributed by atoms with Crippen molar-refractivity contribution in [2.24, 2.45) is 0 Å². The lowest BCUT2D eigenvalue weighted by molar-refractivity contribution is 0.0721. The maximum Gasteiger partial charge on any atom is 0.343 e. The Morgan fingerprint density at radius 3 is 0.975 bits per heavy atom. The van der Waals surface area contributed by atoms with Crippen LogP contribution >= 0.6 is 0 Å². The summed E-state index contributed by atoms with van der Waals surface area (Å²) in [5.74, 6) is -0.644. The lowest BCUT2D eigenvalue weighted by Gasteiger charge is -2.19. The van der Waals surface area contributed by atoms with E-state index in [9.17, 15) is 9.59 Å². The van der Waals surface area contributed by atoms with Crippen molar-refractivity contribution in [3.63, 3.8) is 0 Å². The number of ether oxygens (including phenoxy) is 2. The zero-order valence-corrected chi connectivity index (χ0v) is 21.3. The third-order valence-corrected chi connectivity index (χ3v) is 6.23. The van der Waals surface area contributed by atoms with Crippen LogP contribution < -0.4 is 32.4 Å². The molecule has 0 atom stereocenters. The molecular formula is C32H26N4O4. The van der Waals surface area contributed by atoms with Gasteiger partial charge in [-0.25, -0.2) is 9.59 Å². The second kappa shape index (κ2) is 10.9. The highest BCUT2D eigenvalue weighted by molar-refractivity contribution is 5.98. The summed E-state index contributed by atoms with van der Waals surface area (Å²) in [6.45, 7) is 0. The van der Waals surface area contributed by atoms with Crippen LogP contribution in [0.4, 0.5) is 22.7 Å². The molecule has 0 bridgehead atoms. The van der Waals surface area contributed by atoms with Gasteiger partial charge in [-0.15, -0.1) is 0 Å². The molecule has 0 fully saturated rings. The normalized spacial score (nSPS) is 10.6. The SMILES string of the molecule is Nc1ccc(C(=O)Oc2ccc(OC(=O)c3ccc(N)cc3)c(-c3ccc(N)cc3)c2-c2ccc(N)cc2)cc1. The highest BCUT2D eigenvalue weighted by Gasteiger charge is 2.23. The third-order valence-electron chi connectivity index (χ3n) is 6.23. The van der Waals surface area contributed by atoms with E-state index >= 15 is 0 Å². The summed E-state index contributed by atoms with van der Waals surface area (Å²) in [5, 5.41) is 0. The Morgan fingerprint density at radius 2 is 0.675 bits per heavy atom. The average Bonchev–Trinajstić information content (AvgIpc) is 2.95. The van der Waals surface area contributed by atoms with Gasteiger partial charge in [0.2, 0.25) is 0 Å². The van der Waals surface area contributed by atoms with Crippen LogP contribution in [0.1, 0.15) is 20.7 Å². The van der Waals surface area contributed by atoms with Gasteiger partial charge in [-0.1, -0.05) is 24.3 Å². The van der Waals surface area contributed by atoms with Gasteiger partial charge in [-0.2, -0.15) is 0 Å². The average molecular weight is 531 g/mol. The summed E-state index contributed by atoms with van der Waals surface area (Å²) < 4.78 is 11.8. The molecule has 0 saturated heterocycles. The van der Waals surface area contributed by atoms with Crippen molar-refractivity contribution in [3.8, 4) is 33.8 Å². The van der Waals surface area contributed by atoms with E-state index in [0.717, 1.165) is 0 Å². The highest BCUT2D eigenvalue weighted by atomic mass is 16.5. The maximum atomic E-state index is 13.1. The number of carbonyl (C=O) groups is 2. The monoisotopic (exact) mass is 530 g/mol. The van der Waals surface area contributed by atoms with E-state index in [4.69, 9.17) is 32.4 Å². The number of anilines is 4. The largest absolute Gasteiger partial charge is 0.422 e. The van der Waals surface area contributed by atoms with Crippen molar-refractivity contribution >= 4 is 34.7 Å². The first kappa shape index (κ1) is 25.9. The number of hydrogen-bond acceptors (Lipinski definition) is 8. The summed E-state index contributed by atoms with van der Waals surface area (Å²) in [6, 6.07) is 30.2. The molecule has 198 valence electrons. The van der Waals surface area contributed by atoms with Crippen molar-refractivity contribution < 1.29 is 19.1 Å². The first-order chi connectivity index (χ1) is 19.3. The van der Waals surface area contributed by atoms with Crippen LogP contribution in [0.5, 0.6) is 11.5 Å². The van der Waals surface area contributed by atoms with Crippen LogP contribution in [0.15, 0.2) is 109 Å². The fourth-order valence-corrected chi connectivity index (χ4v) is 4.16. The van der Waals surface area contributed by atoms with E-state index < -0.39 is 11.9 Å². The van der Waals surface area contributed by atoms with Crippen LogP contribution in [-0.4, -0.2) is 11.9 Å². The van der Waals surface area contributed by atoms with E-state index in [0.29, 0.717) is 56.1 Å². The molecule has 0 spiro atoms. The predicted octanol–water partition coefficient (Wildman–Crippen LogP) is 5.79. The standard InChI is InChI=1S/C32H26N4O4/c33-23-9-1-19(2-10-23)29-27(39-31(37)21-5-13-25(35)14-6-21)17-18-28(30(29)20-3-11-24(34)12-4-20)40-32(38)22-7-15-26(36)16-8-22/h1-18H,33-36H2. The number of nitrogens with two attached hydrogens (primary N) is 4. The maximum absolute atomic E-state index is 13.1. The van der Waals surface area contributed by atoms with Gasteiger partial charge in [-0.05, 0) is 96.1 Å². The molecule has 40 heavy (non-hydrogen) atoms. The molecule has 0 aliphatic heterocycles. The summed E-state index contributed by atoms with van der Waals surface area (Å²) in [6.07, 6.45) is 0. The summed E-state index contributed by atoms with van der Waals surface area (Å²) in [4.78, 5) is 26.3. The molecule has 8 nitrogen and oxygen atoms in total. The van der Waals surface area contributed by atoms with Crippen LogP contribution in [-0.2, 0) is 0 Å². The Morgan fingerprint density at radius 1 is 0.400 bits per heavy atom. The molecule has 0 heterocycles. The molecule has 0 amide bonds. The summed E-state index contributed by atoms with van der Waals surface area (Å²) in [7, 11) is 0. The van der Waals surface area contributed by atoms with Gasteiger partial charge in [0, 0.05) is 33.9 Å². The lowest BCUT2D eigenvalue weighted by Crippen LogP contribution is -2.12. The van der Waals surface area contributed by atoms with Crippen molar-refractivity contribution in [2.45, 2.75) is 0 Å². The highest BCUT2D eigenvalue weighted by Crippen LogP contribution is 2.46. The Hall–Kier alpha value is -5.76. The smallest absolute Gasteiger partial charge is 0.343 e. The molecule has 5 aromatic rings. The van der Waals surface area contributed by atoms with Gasteiger partial charge in [-0.3, -0.25) is 0 Å². The molecule has 0 aliphatic carbocycles. The molecule has 8 N–H and O–H groups in total. The zero-order valence-electron chi connectivity index (χ0n) is 21.3. The van der Waals surface area contributed by atoms with Crippen LogP contribution in [0, 0.1) is 0 Å². The number of rotatable bonds is 6. The molecular weight excluding hydrogens is 504 g/mol. The number of benzene rings is 5. The van der Waals surface area contributed by atoms with Crippen LogP contribution in [0.25, 0.3) is 22.3 Å². The van der Waals surface area contributed by atoms with E-state index in [2.05, 4.69) is 0 Å². The lowest BCUT2D eigenvalue weighted by atomic mass is 9.92. The van der Waals surface area contributed by atoms with Crippen LogP contribution in [0.2, 0.25) is 0 Å². The van der Waals surface area contributed by atoms with Crippen molar-refractivity contribution in [1.82, 2.24) is 0 Å². The Kier molecular flexibility index (Phi) is 7.07. The molecule has 0 saturated carbocycles. The van der Waals surface area contributed by atoms with Crippen LogP contribution in [0.3, 0.4) is 0 Å². The van der Waals surface area contributed by atoms with Crippen molar-refractivity contribution in [2.75, 3.05) is 22.9 Å². The first-order valence-electron chi connectivity index (χ1n) is 12.3. The predicted molar refractivity (Wildman–Crippen MR) is 158 cm³/mol. The Bertz CT molecular complexity index is 1550. The third kappa shape index (κ3) is 5.56. The molecule has 5 rings (SSSR count). The second-order valence-corrected chi connectivity index (χ2v) is 9.08. The van der Waals surface area contributed by atoms with E-state index in [1.807, 2.05) is 0 Å². The quantitative estimate of drug-likeness (QED) is 0.122. The van der Waals surface area contributed by atoms with E-state index in [1.54, 1.807) is 109 Å². The Balaban J connectivity index is 1.68. The molecule has 8 heteroatoms. The number of carbonyl (C=O) groups excluding carboxylic acids is 2. The first-order valence-corrected chi connectivity index (χ1v) is 12.3. The molecule has 0 aromatic heterocycles. The fraction of sp³-hybridized carbons (Fsp3) is 0. The molecule has 0 unspecified atom stereocenters. The minimum atomic E-state index is -0.577. The van der Waals surface area contributed by atoms with Gasteiger partial charge < -0.3 is 32.4 Å². The van der Waals surface area contributed by atoms with Gasteiger partial charge >= 0.3 is 11.9 Å². The summed E-state index contributed by atoms with van der Waals surface area (Å²) in [5.41, 5.74) is 28.7. The van der Waals surface area contributed by atoms with Crippen molar-refractivity contribution in [3.05, 3.63) is 120 Å². The minimum absolute atomic E-state index is 0.255. The topological polar surface area (TPSA) is 157 Å². The number of nitrogen functional groups attached to an aromatic ring is 4. The van der Waals surface area contributed by atoms with Crippen molar-refractivity contribution in [1.29, 1.82) is 0 Å². The molecule has 0 radical (unpaired) electrons. The van der Waals surface area contributed by atoms with E-state index in [-0.39, 0.29) is 11.5 Å². The second-order valence-electron chi connectivity index (χ2n) is 9.08. The van der Waals surface area contributed by atoms with Gasteiger partial charge in [0.1, 0.15) is 11.5 Å².